The van der Waals surface area contributed by atoms with Gasteiger partial charge in [0.05, 0.1) is 22.7 Å². The van der Waals surface area contributed by atoms with Crippen LogP contribution in [-0.2, 0) is 11.3 Å². The van der Waals surface area contributed by atoms with Gasteiger partial charge in [-0.15, -0.1) is 0 Å². The minimum absolute atomic E-state index is 0.104. The third kappa shape index (κ3) is 7.31. The summed E-state index contributed by atoms with van der Waals surface area (Å²) in [7, 11) is 3.92. The Labute approximate surface area is 228 Å². The Bertz CT molecular complexity index is 1060. The first-order valence-electron chi connectivity index (χ1n) is 12.4. The lowest BCUT2D eigenvalue weighted by molar-refractivity contribution is -0.122. The summed E-state index contributed by atoms with van der Waals surface area (Å²) >= 11 is 13.9. The average molecular weight is 550 g/mol. The highest BCUT2D eigenvalue weighted by Crippen LogP contribution is 2.34. The maximum absolute atomic E-state index is 12.4. The molecule has 1 atom stereocenters. The van der Waals surface area contributed by atoms with Crippen LogP contribution in [0.15, 0.2) is 47.5 Å². The predicted octanol–water partition coefficient (Wildman–Crippen LogP) is 5.64. The third-order valence-electron chi connectivity index (χ3n) is 6.76. The molecule has 194 valence electrons. The van der Waals surface area contributed by atoms with Crippen LogP contribution in [-0.4, -0.2) is 66.5 Å². The van der Waals surface area contributed by atoms with E-state index < -0.39 is 0 Å². The lowest BCUT2D eigenvalue weighted by Crippen LogP contribution is -2.44. The zero-order chi connectivity index (χ0) is 25.5. The van der Waals surface area contributed by atoms with Gasteiger partial charge in [0, 0.05) is 51.9 Å². The number of ether oxygens (including phenoxy) is 1. The molecule has 1 unspecified atom stereocenters. The molecular formula is C27H34Cl2N4O2S. The summed E-state index contributed by atoms with van der Waals surface area (Å²) in [5.74, 6) is 1.95. The third-order valence-corrected chi connectivity index (χ3v) is 8.71. The van der Waals surface area contributed by atoms with E-state index >= 15 is 0 Å². The second kappa shape index (κ2) is 13.0. The number of hydrogen-bond acceptors (Lipinski definition) is 5. The van der Waals surface area contributed by atoms with Crippen LogP contribution in [0, 0.1) is 0 Å². The van der Waals surface area contributed by atoms with Crippen molar-refractivity contribution in [1.29, 1.82) is 0 Å². The Hall–Kier alpha value is -1.93. The van der Waals surface area contributed by atoms with E-state index in [1.165, 1.54) is 5.56 Å². The Balaban J connectivity index is 1.11. The number of halogens is 2. The van der Waals surface area contributed by atoms with Gasteiger partial charge in [-0.1, -0.05) is 53.2 Å². The maximum atomic E-state index is 12.4. The van der Waals surface area contributed by atoms with E-state index in [4.69, 9.17) is 27.9 Å². The Kier molecular flexibility index (Phi) is 9.82. The number of rotatable bonds is 9. The summed E-state index contributed by atoms with van der Waals surface area (Å²) in [6, 6.07) is 14.6. The smallest absolute Gasteiger partial charge is 0.220 e. The van der Waals surface area contributed by atoms with Gasteiger partial charge < -0.3 is 15.0 Å². The fourth-order valence-corrected chi connectivity index (χ4v) is 6.19. The van der Waals surface area contributed by atoms with E-state index in [-0.39, 0.29) is 11.9 Å². The van der Waals surface area contributed by atoms with Crippen LogP contribution < -0.4 is 10.1 Å². The van der Waals surface area contributed by atoms with Crippen LogP contribution in [0.25, 0.3) is 0 Å². The molecule has 2 aliphatic heterocycles. The molecule has 2 aromatic rings. The second-order valence-electron chi connectivity index (χ2n) is 9.33. The van der Waals surface area contributed by atoms with Crippen molar-refractivity contribution in [3.8, 4) is 5.75 Å². The molecule has 2 aliphatic rings. The number of amides is 1. The van der Waals surface area contributed by atoms with Gasteiger partial charge in [-0.2, -0.15) is 0 Å². The van der Waals surface area contributed by atoms with Gasteiger partial charge >= 0.3 is 0 Å². The first-order chi connectivity index (χ1) is 17.4. The molecule has 0 bridgehead atoms. The molecule has 2 aromatic carbocycles. The number of benzene rings is 2. The monoisotopic (exact) mass is 548 g/mol. The van der Waals surface area contributed by atoms with E-state index in [1.54, 1.807) is 11.8 Å². The minimum Gasteiger partial charge on any atom is -0.494 e. The number of carbonyl (C=O) groups excluding carboxylic acids is 1. The molecule has 1 N–H and O–H groups in total. The topological polar surface area (TPSA) is 57.2 Å². The summed E-state index contributed by atoms with van der Waals surface area (Å²) in [5.41, 5.74) is 2.42. The molecule has 0 aromatic heterocycles. The molecule has 2 saturated heterocycles. The normalized spacial score (nSPS) is 20.2. The molecule has 0 saturated carbocycles. The van der Waals surface area contributed by atoms with Crippen molar-refractivity contribution >= 4 is 46.0 Å². The maximum Gasteiger partial charge on any atom is 0.220 e. The van der Waals surface area contributed by atoms with Crippen molar-refractivity contribution in [2.24, 2.45) is 4.99 Å². The van der Waals surface area contributed by atoms with Crippen molar-refractivity contribution in [1.82, 2.24) is 15.1 Å². The van der Waals surface area contributed by atoms with Crippen LogP contribution in [0.3, 0.4) is 0 Å². The van der Waals surface area contributed by atoms with Crippen molar-refractivity contribution in [2.45, 2.75) is 44.3 Å². The molecule has 0 spiro atoms. The summed E-state index contributed by atoms with van der Waals surface area (Å²) in [6.07, 6.45) is 3.08. The number of carbonyl (C=O) groups is 1. The van der Waals surface area contributed by atoms with Gasteiger partial charge in [0.1, 0.15) is 5.75 Å². The van der Waals surface area contributed by atoms with E-state index in [0.29, 0.717) is 35.5 Å². The second-order valence-corrected chi connectivity index (χ2v) is 11.1. The zero-order valence-electron chi connectivity index (χ0n) is 20.9. The zero-order valence-corrected chi connectivity index (χ0v) is 23.2. The Morgan fingerprint density at radius 2 is 1.89 bits per heavy atom. The first kappa shape index (κ1) is 27.1. The molecule has 0 radical (unpaired) electrons. The van der Waals surface area contributed by atoms with Gasteiger partial charge in [0.25, 0.3) is 0 Å². The molecule has 2 heterocycles. The Morgan fingerprint density at radius 3 is 2.56 bits per heavy atom. The van der Waals surface area contributed by atoms with Crippen LogP contribution in [0.1, 0.15) is 42.9 Å². The lowest BCUT2D eigenvalue weighted by atomic mass is 10.0. The molecule has 36 heavy (non-hydrogen) atoms. The van der Waals surface area contributed by atoms with Gasteiger partial charge in [0.2, 0.25) is 5.91 Å². The van der Waals surface area contributed by atoms with Crippen molar-refractivity contribution in [3.05, 3.63) is 63.6 Å². The van der Waals surface area contributed by atoms with Gasteiger partial charge in [-0.25, -0.2) is 0 Å². The number of thioether (sulfide) groups is 1. The summed E-state index contributed by atoms with van der Waals surface area (Å²) in [4.78, 5) is 21.4. The number of piperidine rings is 1. The van der Waals surface area contributed by atoms with Crippen LogP contribution in [0.2, 0.25) is 10.0 Å². The van der Waals surface area contributed by atoms with Crippen molar-refractivity contribution in [2.75, 3.05) is 39.5 Å². The van der Waals surface area contributed by atoms with Crippen molar-refractivity contribution < 1.29 is 9.53 Å². The Morgan fingerprint density at radius 1 is 1.14 bits per heavy atom. The van der Waals surface area contributed by atoms with Crippen LogP contribution >= 0.6 is 35.0 Å². The molecule has 6 nitrogen and oxygen atoms in total. The molecule has 1 amide bonds. The standard InChI is InChI=1S/C27H34Cl2N4O2S/c1-30-27-32(2)25(18-36-27)20-6-8-22(9-7-20)35-15-3-4-26(34)31-21-11-13-33(14-12-21)17-19-5-10-23(28)24(29)16-19/h5-10,16,21,25H,3-4,11-15,17-18H2,1-2H3,(H,31,34). The number of amidine groups is 1. The SMILES string of the molecule is CN=C1SCC(c2ccc(OCCCC(=O)NC3CCN(Cc4ccc(Cl)c(Cl)c4)CC3)cc2)N1C. The highest BCUT2D eigenvalue weighted by Gasteiger charge is 2.27. The minimum atomic E-state index is 0.104. The summed E-state index contributed by atoms with van der Waals surface area (Å²) < 4.78 is 5.87. The molecule has 4 rings (SSSR count). The average Bonchev–Trinajstić information content (AvgIpc) is 3.26. The van der Waals surface area contributed by atoms with E-state index in [1.807, 2.05) is 37.4 Å². The number of likely N-dealkylation sites (tertiary alicyclic amines) is 1. The molecule has 0 aliphatic carbocycles. The van der Waals surface area contributed by atoms with E-state index in [9.17, 15) is 4.79 Å². The quantitative estimate of drug-likeness (QED) is 0.411. The van der Waals surface area contributed by atoms with E-state index in [0.717, 1.165) is 54.7 Å². The molecule has 2 fully saturated rings. The number of nitrogens with one attached hydrogen (secondary N) is 1. The fraction of sp³-hybridized carbons (Fsp3) is 0.481. The van der Waals surface area contributed by atoms with Gasteiger partial charge in [-0.3, -0.25) is 14.7 Å². The lowest BCUT2D eigenvalue weighted by Gasteiger charge is -2.32. The van der Waals surface area contributed by atoms with Crippen molar-refractivity contribution in [3.63, 3.8) is 0 Å². The van der Waals surface area contributed by atoms with Gasteiger partial charge in [0.15, 0.2) is 5.17 Å². The highest BCUT2D eigenvalue weighted by molar-refractivity contribution is 8.14. The van der Waals surface area contributed by atoms with Crippen LogP contribution in [0.5, 0.6) is 5.75 Å². The highest BCUT2D eigenvalue weighted by atomic mass is 35.5. The van der Waals surface area contributed by atoms with Gasteiger partial charge in [-0.05, 0) is 54.7 Å². The largest absolute Gasteiger partial charge is 0.494 e. The first-order valence-corrected chi connectivity index (χ1v) is 14.2. The molecular weight excluding hydrogens is 515 g/mol. The predicted molar refractivity (Wildman–Crippen MR) is 150 cm³/mol. The van der Waals surface area contributed by atoms with E-state index in [2.05, 4.69) is 39.3 Å². The fourth-order valence-electron chi connectivity index (χ4n) is 4.68. The summed E-state index contributed by atoms with van der Waals surface area (Å²) in [6.45, 7) is 3.28. The summed E-state index contributed by atoms with van der Waals surface area (Å²) in [5, 5.41) is 5.44. The number of hydrogen-bond donors (Lipinski definition) is 1. The number of nitrogens with zero attached hydrogens (tertiary/aromatic N) is 3. The van der Waals surface area contributed by atoms with Crippen LogP contribution in [0.4, 0.5) is 0 Å². The number of aliphatic imine (C=N–C) groups is 1. The molecule has 9 heteroatoms.